The molecule has 7 fully saturated rings. The largest absolute Gasteiger partial charge is 0.458 e. The van der Waals surface area contributed by atoms with Crippen LogP contribution in [0.25, 0.3) is 0 Å². The van der Waals surface area contributed by atoms with Gasteiger partial charge >= 0.3 is 11.9 Å². The van der Waals surface area contributed by atoms with Crippen LogP contribution >= 0.6 is 15.9 Å². The van der Waals surface area contributed by atoms with Gasteiger partial charge in [0.15, 0.2) is 25.0 Å². The molecule has 15 heteroatoms. The van der Waals surface area contributed by atoms with Crippen LogP contribution in [0, 0.1) is 82.4 Å². The zero-order valence-corrected chi connectivity index (χ0v) is 71.6. The van der Waals surface area contributed by atoms with Crippen LogP contribution in [0.15, 0.2) is 83.0 Å². The number of allylic oxidation sites excluding steroid dienone is 4. The second kappa shape index (κ2) is 38.2. The number of carbonyl (C=O) groups is 2. The molecule has 0 radical (unpaired) electrons. The van der Waals surface area contributed by atoms with Crippen molar-refractivity contribution in [1.82, 2.24) is 0 Å². The molecule has 99 heavy (non-hydrogen) atoms. The van der Waals surface area contributed by atoms with Gasteiger partial charge in [0.25, 0.3) is 0 Å². The zero-order chi connectivity index (χ0) is 74.5. The maximum Gasteiger partial charge on any atom is 0.334 e. The van der Waals surface area contributed by atoms with Gasteiger partial charge in [-0.2, -0.15) is 0 Å². The topological polar surface area (TPSA) is 141 Å². The summed E-state index contributed by atoms with van der Waals surface area (Å²) in [5, 5.41) is 31.0. The summed E-state index contributed by atoms with van der Waals surface area (Å²) >= 11 is 3.60. The molecule has 0 aromatic carbocycles. The van der Waals surface area contributed by atoms with Crippen LogP contribution in [-0.2, 0) is 32.3 Å². The average molecular weight is 1500 g/mol. The first kappa shape index (κ1) is 90.7. The maximum absolute atomic E-state index is 12.1. The number of carbonyl (C=O) groups excluding carboxylic acids is 2. The molecule has 568 valence electrons. The quantitative estimate of drug-likeness (QED) is 0.0202. The van der Waals surface area contributed by atoms with Crippen LogP contribution in [0.5, 0.6) is 0 Å². The number of esters is 2. The van der Waals surface area contributed by atoms with E-state index >= 15 is 0 Å². The van der Waals surface area contributed by atoms with Gasteiger partial charge < -0.3 is 38.1 Å². The molecule has 3 N–H and O–H groups in total. The molecule has 0 aromatic rings. The second-order valence-corrected chi connectivity index (χ2v) is 50.6. The van der Waals surface area contributed by atoms with Crippen LogP contribution in [0.4, 0.5) is 4.70 Å². The number of aliphatic hydroxyl groups is 3. The lowest BCUT2D eigenvalue weighted by atomic mass is 9.60. The highest BCUT2D eigenvalue weighted by Crippen LogP contribution is 2.62. The molecule has 5 aliphatic carbocycles. The van der Waals surface area contributed by atoms with Gasteiger partial charge in [-0.15, -0.1) is 18.9 Å². The van der Waals surface area contributed by atoms with Crippen LogP contribution < -0.4 is 0 Å². The standard InChI is InChI=1S/C32H48O5.C29H60O3Si3.C21H31BrO2.C2H6.FH/c1-6-24-21(4)31(36)37-29(24)17-19(2)26-13-14-27-22(9-7-15-32(26,27)5)11-12-23-18-28(34)25(10-8-16-33)30(35)20(23)3;1-18-21-26(32-35(16,17)29(9,10)11)24(22-20-23-30-33(12,13)27(3,4)5)25(19-2)31-34(14,15)28(6,7)8;1-5-16-14(3)20(23)24-19(16)11-13(2)17-8-9-18-15(12-22)7-6-10-21(17,18)4;1-2;/h11-12,19,24-30,33-35H,3-4,6-10,13-18H2,1-2,5H3;1,19,24-26H,2,20-23H2,3-17H3;12-13,16-19H,3,5-11H2,1-2,4H3;1-2H3;1H/b22-11+,23-12-;;15-12+;;/t19-,24-,25+,26-,27+,28-,29-,30-,32-;24-,25-,26-;13-,16-,17-,18+,19-,21-;;/m111../s1. The fraction of sp³-hybridized carbons (Fsp3) is 0.786. The van der Waals surface area contributed by atoms with E-state index in [0.717, 1.165) is 69.0 Å². The molecular formula is C84H146BrFO10Si3. The summed E-state index contributed by atoms with van der Waals surface area (Å²) in [7, 11) is -5.81. The number of ether oxygens (including phenoxy) is 2. The van der Waals surface area contributed by atoms with Crippen LogP contribution in [0.2, 0.25) is 54.4 Å². The lowest BCUT2D eigenvalue weighted by Crippen LogP contribution is -2.50. The first-order valence-corrected chi connectivity index (χ1v) is 48.3. The van der Waals surface area contributed by atoms with Crippen LogP contribution in [0.3, 0.4) is 0 Å². The molecule has 2 heterocycles. The van der Waals surface area contributed by atoms with E-state index in [-0.39, 0.29) is 91.9 Å². The van der Waals surface area contributed by atoms with Crippen molar-refractivity contribution in [3.05, 3.63) is 83.0 Å². The van der Waals surface area contributed by atoms with Crippen molar-refractivity contribution in [2.75, 3.05) is 13.2 Å². The third-order valence-electron chi connectivity index (χ3n) is 26.7. The summed E-state index contributed by atoms with van der Waals surface area (Å²) in [6.45, 7) is 69.6. The number of aliphatic hydroxyl groups excluding tert-OH is 3. The Kier molecular flexibility index (Phi) is 35.0. The number of fused-ring (bicyclic) bond motifs is 2. The zero-order valence-electron chi connectivity index (χ0n) is 67.0. The number of rotatable bonds is 25. The van der Waals surface area contributed by atoms with E-state index in [0.29, 0.717) is 71.5 Å². The minimum absolute atomic E-state index is 0. The van der Waals surface area contributed by atoms with E-state index in [9.17, 15) is 19.8 Å². The first-order valence-electron chi connectivity index (χ1n) is 38.7. The van der Waals surface area contributed by atoms with Gasteiger partial charge in [0, 0.05) is 54.5 Å². The lowest BCUT2D eigenvalue weighted by molar-refractivity contribution is -0.141. The van der Waals surface area contributed by atoms with Crippen LogP contribution in [0.1, 0.15) is 246 Å². The molecule has 2 aliphatic heterocycles. The molecule has 7 aliphatic rings. The molecule has 10 nitrogen and oxygen atoms in total. The Bertz CT molecular complexity index is 2800. The van der Waals surface area contributed by atoms with Crippen molar-refractivity contribution in [2.45, 2.75) is 337 Å². The van der Waals surface area contributed by atoms with Gasteiger partial charge in [-0.05, 0) is 239 Å². The van der Waals surface area contributed by atoms with Gasteiger partial charge in [0.2, 0.25) is 0 Å². The summed E-state index contributed by atoms with van der Waals surface area (Å²) in [4.78, 5) is 26.2. The summed E-state index contributed by atoms with van der Waals surface area (Å²) < 4.78 is 31.9. The molecule has 0 bridgehead atoms. The summed E-state index contributed by atoms with van der Waals surface area (Å²) in [5.41, 5.74) is 6.74. The van der Waals surface area contributed by atoms with Gasteiger partial charge in [0.1, 0.15) is 12.2 Å². The average Bonchev–Trinajstić information content (AvgIpc) is 1.63. The van der Waals surface area contributed by atoms with Crippen molar-refractivity contribution in [2.24, 2.45) is 70.0 Å². The molecular weight excluding hydrogens is 1350 g/mol. The number of terminal acetylenes is 1. The lowest BCUT2D eigenvalue weighted by Gasteiger charge is -2.45. The van der Waals surface area contributed by atoms with E-state index in [4.69, 9.17) is 34.3 Å². The van der Waals surface area contributed by atoms with Gasteiger partial charge in [0.05, 0.1) is 24.4 Å². The van der Waals surface area contributed by atoms with Gasteiger partial charge in [-0.1, -0.05) is 183 Å². The molecule has 18 atom stereocenters. The molecule has 5 saturated carbocycles. The van der Waals surface area contributed by atoms with Gasteiger partial charge in [-0.25, -0.2) is 9.59 Å². The van der Waals surface area contributed by atoms with Gasteiger partial charge in [-0.3, -0.25) is 4.70 Å². The Morgan fingerprint density at radius 3 is 1.59 bits per heavy atom. The normalized spacial score (nSPS) is 31.8. The predicted octanol–water partition coefficient (Wildman–Crippen LogP) is 22.2. The third kappa shape index (κ3) is 22.1. The Balaban J connectivity index is 0.000000387. The minimum atomic E-state index is -2.02. The number of hydrogen-bond donors (Lipinski definition) is 3. The second-order valence-electron chi connectivity index (χ2n) is 35.8. The third-order valence-corrected chi connectivity index (χ3v) is 40.8. The highest BCUT2D eigenvalue weighted by Gasteiger charge is 2.54. The monoisotopic (exact) mass is 1500 g/mol. The van der Waals surface area contributed by atoms with Crippen molar-refractivity contribution in [3.8, 4) is 12.3 Å². The molecule has 2 saturated heterocycles. The first-order chi connectivity index (χ1) is 45.5. The van der Waals surface area contributed by atoms with Crippen LogP contribution in [-0.4, -0.2) is 102 Å². The smallest absolute Gasteiger partial charge is 0.334 e. The van der Waals surface area contributed by atoms with Crippen molar-refractivity contribution in [1.29, 1.82) is 0 Å². The number of hydrogen-bond acceptors (Lipinski definition) is 10. The molecule has 0 aromatic heterocycles. The fourth-order valence-electron chi connectivity index (χ4n) is 17.6. The minimum Gasteiger partial charge on any atom is -0.458 e. The molecule has 0 amide bonds. The van der Waals surface area contributed by atoms with Crippen molar-refractivity contribution < 1.29 is 52.4 Å². The van der Waals surface area contributed by atoms with E-state index in [2.05, 4.69) is 208 Å². The maximum atomic E-state index is 12.1. The summed E-state index contributed by atoms with van der Waals surface area (Å²) in [6.07, 6.45) is 31.1. The SMILES string of the molecule is C#CC[C@@H](O[Si](C)(C)C(C)(C)C)[C@H](CCCO[Si](C)(C)C(C)(C)C)[C@@H](C=C)O[Si](C)(C)C(C)(C)C.C=C1/C(=C\C=C2/CCC[C@]3(C)[C@@H]([C@H](C)C[C@H]4OC(=O)C(=C)[C@H]4CC)CC[C@@H]23)C[C@@H](O)[C@H](CCCO)[C@@H]1O.C=C1C(=O)O[C@H](C[C@@H](C)[C@H]2CC[C@H]3/C(=C/Br)CCC[C@]23C)[C@@H]1CC.CC.F. The summed E-state index contributed by atoms with van der Waals surface area (Å²) in [5.74, 6) is 6.46. The van der Waals surface area contributed by atoms with Crippen molar-refractivity contribution >= 4 is 52.8 Å². The van der Waals surface area contributed by atoms with E-state index < -0.39 is 37.2 Å². The summed E-state index contributed by atoms with van der Waals surface area (Å²) in [6, 6.07) is 0. The van der Waals surface area contributed by atoms with E-state index in [1.807, 2.05) is 19.9 Å². The van der Waals surface area contributed by atoms with E-state index in [1.54, 1.807) is 5.57 Å². The highest BCUT2D eigenvalue weighted by atomic mass is 79.9. The molecule has 0 spiro atoms. The van der Waals surface area contributed by atoms with Crippen molar-refractivity contribution in [3.63, 3.8) is 0 Å². The number of halogens is 2. The fourth-order valence-corrected chi connectivity index (χ4v) is 21.9. The highest BCUT2D eigenvalue weighted by molar-refractivity contribution is 9.11. The predicted molar refractivity (Wildman–Crippen MR) is 426 cm³/mol. The molecule has 0 unspecified atom stereocenters. The molecule has 7 rings (SSSR count). The Morgan fingerprint density at radius 1 is 0.707 bits per heavy atom. The van der Waals surface area contributed by atoms with E-state index in [1.165, 1.54) is 63.4 Å². The Morgan fingerprint density at radius 2 is 1.16 bits per heavy atom. The Labute approximate surface area is 617 Å². The Hall–Kier alpha value is -2.50. The number of cyclic esters (lactones) is 2.